The molecule has 0 N–H and O–H groups in total. The molecule has 4 nitrogen and oxygen atoms in total. The minimum Gasteiger partial charge on any atom is -0.347 e. The number of fused-ring (bicyclic) bond motifs is 1. The molecule has 5 heteroatoms. The molecule has 3 fully saturated rings. The Balaban J connectivity index is 1.38. The van der Waals surface area contributed by atoms with Gasteiger partial charge in [-0.25, -0.2) is 4.98 Å². The SMILES string of the molecule is Cc1cnc(N2CCC(C(=O)N3CC4CCCC4C3)C2)s1. The fraction of sp³-hybridized carbons (Fsp3) is 0.750. The molecular formula is C16H23N3OS. The number of thiazole rings is 1. The molecule has 2 saturated heterocycles. The topological polar surface area (TPSA) is 36.4 Å². The van der Waals surface area contributed by atoms with Gasteiger partial charge in [0.1, 0.15) is 0 Å². The summed E-state index contributed by atoms with van der Waals surface area (Å²) in [6.07, 6.45) is 6.96. The molecular weight excluding hydrogens is 282 g/mol. The van der Waals surface area contributed by atoms with Gasteiger partial charge in [-0.1, -0.05) is 6.42 Å². The number of aromatic nitrogens is 1. The van der Waals surface area contributed by atoms with E-state index in [9.17, 15) is 4.79 Å². The average molecular weight is 305 g/mol. The van der Waals surface area contributed by atoms with Crippen molar-refractivity contribution < 1.29 is 4.79 Å². The van der Waals surface area contributed by atoms with Crippen LogP contribution in [0.2, 0.25) is 0 Å². The smallest absolute Gasteiger partial charge is 0.227 e. The monoisotopic (exact) mass is 305 g/mol. The molecule has 4 rings (SSSR count). The maximum atomic E-state index is 12.7. The molecule has 1 aromatic heterocycles. The summed E-state index contributed by atoms with van der Waals surface area (Å²) in [5, 5.41) is 1.08. The van der Waals surface area contributed by atoms with Gasteiger partial charge in [0.05, 0.1) is 5.92 Å². The first-order valence-electron chi connectivity index (χ1n) is 8.17. The van der Waals surface area contributed by atoms with Gasteiger partial charge < -0.3 is 9.80 Å². The number of aryl methyl sites for hydroxylation is 1. The Morgan fingerprint density at radius 1 is 1.24 bits per heavy atom. The van der Waals surface area contributed by atoms with E-state index in [1.165, 1.54) is 24.1 Å². The van der Waals surface area contributed by atoms with Gasteiger partial charge in [0.2, 0.25) is 5.91 Å². The van der Waals surface area contributed by atoms with Crippen LogP contribution < -0.4 is 4.90 Å². The van der Waals surface area contributed by atoms with Gasteiger partial charge in [-0.3, -0.25) is 4.79 Å². The highest BCUT2D eigenvalue weighted by Gasteiger charge is 2.41. The lowest BCUT2D eigenvalue weighted by Crippen LogP contribution is -2.36. The second-order valence-corrected chi connectivity index (χ2v) is 8.09. The summed E-state index contributed by atoms with van der Waals surface area (Å²) in [6, 6.07) is 0. The van der Waals surface area contributed by atoms with Crippen molar-refractivity contribution >= 4 is 22.4 Å². The van der Waals surface area contributed by atoms with Crippen LogP contribution >= 0.6 is 11.3 Å². The van der Waals surface area contributed by atoms with Crippen molar-refractivity contribution in [3.05, 3.63) is 11.1 Å². The molecule has 3 unspecified atom stereocenters. The zero-order valence-corrected chi connectivity index (χ0v) is 13.4. The molecule has 0 spiro atoms. The van der Waals surface area contributed by atoms with E-state index in [2.05, 4.69) is 21.7 Å². The van der Waals surface area contributed by atoms with Gasteiger partial charge in [-0.05, 0) is 38.0 Å². The normalized spacial score (nSPS) is 32.0. The molecule has 114 valence electrons. The number of carbonyl (C=O) groups excluding carboxylic acids is 1. The summed E-state index contributed by atoms with van der Waals surface area (Å²) < 4.78 is 0. The summed E-state index contributed by atoms with van der Waals surface area (Å²) in [5.41, 5.74) is 0. The molecule has 21 heavy (non-hydrogen) atoms. The van der Waals surface area contributed by atoms with E-state index in [1.807, 2.05) is 6.20 Å². The van der Waals surface area contributed by atoms with E-state index in [-0.39, 0.29) is 5.92 Å². The minimum atomic E-state index is 0.188. The fourth-order valence-electron chi connectivity index (χ4n) is 4.30. The number of likely N-dealkylation sites (tertiary alicyclic amines) is 1. The zero-order valence-electron chi connectivity index (χ0n) is 12.6. The minimum absolute atomic E-state index is 0.188. The number of carbonyl (C=O) groups is 1. The third-order valence-electron chi connectivity index (χ3n) is 5.46. The zero-order chi connectivity index (χ0) is 14.4. The highest BCUT2D eigenvalue weighted by Crippen LogP contribution is 2.39. The van der Waals surface area contributed by atoms with E-state index in [1.54, 1.807) is 11.3 Å². The molecule has 3 atom stereocenters. The van der Waals surface area contributed by atoms with Crippen molar-refractivity contribution in [3.8, 4) is 0 Å². The summed E-state index contributed by atoms with van der Waals surface area (Å²) in [5.74, 6) is 2.19. The van der Waals surface area contributed by atoms with Crippen LogP contribution in [-0.4, -0.2) is 42.0 Å². The predicted molar refractivity (Wildman–Crippen MR) is 84.6 cm³/mol. The highest BCUT2D eigenvalue weighted by atomic mass is 32.1. The lowest BCUT2D eigenvalue weighted by atomic mass is 10.0. The van der Waals surface area contributed by atoms with Crippen molar-refractivity contribution in [2.24, 2.45) is 17.8 Å². The first-order chi connectivity index (χ1) is 10.2. The number of amides is 1. The number of rotatable bonds is 2. The van der Waals surface area contributed by atoms with Gasteiger partial charge in [-0.2, -0.15) is 0 Å². The number of nitrogens with zero attached hydrogens (tertiary/aromatic N) is 3. The second kappa shape index (κ2) is 5.27. The third kappa shape index (κ3) is 2.45. The van der Waals surface area contributed by atoms with Gasteiger partial charge in [0, 0.05) is 37.3 Å². The standard InChI is InChI=1S/C16H23N3OS/c1-11-7-17-16(21-11)18-6-5-14(10-18)15(20)19-8-12-3-2-4-13(12)9-19/h7,12-14H,2-6,8-10H2,1H3. The Kier molecular flexibility index (Phi) is 3.40. The highest BCUT2D eigenvalue weighted by molar-refractivity contribution is 7.15. The molecule has 1 amide bonds. The largest absolute Gasteiger partial charge is 0.347 e. The van der Waals surface area contributed by atoms with Gasteiger partial charge in [-0.15, -0.1) is 11.3 Å². The van der Waals surface area contributed by atoms with Crippen LogP contribution in [0.4, 0.5) is 5.13 Å². The Morgan fingerprint density at radius 2 is 2.00 bits per heavy atom. The molecule has 3 heterocycles. The van der Waals surface area contributed by atoms with E-state index in [0.717, 1.165) is 49.6 Å². The van der Waals surface area contributed by atoms with Crippen LogP contribution in [0.1, 0.15) is 30.6 Å². The second-order valence-electron chi connectivity index (χ2n) is 6.88. The lowest BCUT2D eigenvalue weighted by Gasteiger charge is -2.21. The Hall–Kier alpha value is -1.10. The molecule has 3 aliphatic rings. The summed E-state index contributed by atoms with van der Waals surface area (Å²) in [7, 11) is 0. The Morgan fingerprint density at radius 3 is 2.67 bits per heavy atom. The van der Waals surface area contributed by atoms with Crippen molar-refractivity contribution in [1.29, 1.82) is 0 Å². The fourth-order valence-corrected chi connectivity index (χ4v) is 5.09. The number of hydrogen-bond donors (Lipinski definition) is 0. The van der Waals surface area contributed by atoms with Crippen LogP contribution in [0.25, 0.3) is 0 Å². The average Bonchev–Trinajstić information content (AvgIpc) is 3.20. The van der Waals surface area contributed by atoms with E-state index >= 15 is 0 Å². The van der Waals surface area contributed by atoms with Crippen LogP contribution in [0.3, 0.4) is 0 Å². The van der Waals surface area contributed by atoms with Crippen molar-refractivity contribution in [2.75, 3.05) is 31.1 Å². The number of anilines is 1. The first kappa shape index (κ1) is 13.6. The van der Waals surface area contributed by atoms with Crippen molar-refractivity contribution in [3.63, 3.8) is 0 Å². The van der Waals surface area contributed by atoms with Crippen molar-refractivity contribution in [1.82, 2.24) is 9.88 Å². The Bertz CT molecular complexity index is 531. The maximum Gasteiger partial charge on any atom is 0.227 e. The quantitative estimate of drug-likeness (QED) is 0.842. The molecule has 0 radical (unpaired) electrons. The summed E-state index contributed by atoms with van der Waals surface area (Å²) >= 11 is 1.73. The lowest BCUT2D eigenvalue weighted by molar-refractivity contribution is -0.134. The predicted octanol–water partition coefficient (Wildman–Crippen LogP) is 2.54. The molecule has 2 aliphatic heterocycles. The van der Waals surface area contributed by atoms with Gasteiger partial charge >= 0.3 is 0 Å². The number of hydrogen-bond acceptors (Lipinski definition) is 4. The molecule has 1 saturated carbocycles. The van der Waals surface area contributed by atoms with Crippen LogP contribution in [0, 0.1) is 24.7 Å². The van der Waals surface area contributed by atoms with Crippen molar-refractivity contribution in [2.45, 2.75) is 32.6 Å². The van der Waals surface area contributed by atoms with Gasteiger partial charge in [0.15, 0.2) is 5.13 Å². The first-order valence-corrected chi connectivity index (χ1v) is 8.98. The summed E-state index contributed by atoms with van der Waals surface area (Å²) in [4.78, 5) is 22.9. The third-order valence-corrected chi connectivity index (χ3v) is 6.43. The van der Waals surface area contributed by atoms with Crippen LogP contribution in [-0.2, 0) is 4.79 Å². The Labute approximate surface area is 130 Å². The summed E-state index contributed by atoms with van der Waals surface area (Å²) in [6.45, 7) is 5.97. The van der Waals surface area contributed by atoms with E-state index in [0.29, 0.717) is 5.91 Å². The van der Waals surface area contributed by atoms with Gasteiger partial charge in [0.25, 0.3) is 0 Å². The molecule has 1 aliphatic carbocycles. The van der Waals surface area contributed by atoms with E-state index in [4.69, 9.17) is 0 Å². The van der Waals surface area contributed by atoms with E-state index < -0.39 is 0 Å². The van der Waals surface area contributed by atoms with Crippen LogP contribution in [0.15, 0.2) is 6.20 Å². The molecule has 0 bridgehead atoms. The molecule has 1 aromatic rings. The molecule has 0 aromatic carbocycles. The maximum absolute atomic E-state index is 12.7. The van der Waals surface area contributed by atoms with Crippen LogP contribution in [0.5, 0.6) is 0 Å².